The van der Waals surface area contributed by atoms with E-state index in [1.165, 1.54) is 28.6 Å². The van der Waals surface area contributed by atoms with Crippen molar-refractivity contribution < 1.29 is 33.0 Å². The largest absolute Gasteiger partial charge is 0.457 e. The molecule has 1 aromatic carbocycles. The van der Waals surface area contributed by atoms with E-state index >= 15 is 0 Å². The number of halogens is 1. The fourth-order valence-electron chi connectivity index (χ4n) is 6.33. The van der Waals surface area contributed by atoms with Gasteiger partial charge in [-0.25, -0.2) is 23.8 Å². The maximum atomic E-state index is 14.3. The lowest BCUT2D eigenvalue weighted by atomic mass is 9.85. The Balaban J connectivity index is 1.31. The van der Waals surface area contributed by atoms with E-state index < -0.39 is 35.1 Å². The van der Waals surface area contributed by atoms with Gasteiger partial charge < -0.3 is 34.3 Å². The number of pyridine rings is 2. The predicted octanol–water partition coefficient (Wildman–Crippen LogP) is 4.05. The molecular formula is C32H34FN5O7. The van der Waals surface area contributed by atoms with E-state index in [4.69, 9.17) is 19.9 Å². The fourth-order valence-corrected chi connectivity index (χ4v) is 6.33. The first kappa shape index (κ1) is 30.1. The maximum Gasteiger partial charge on any atom is 0.411 e. The van der Waals surface area contributed by atoms with Crippen LogP contribution in [0.5, 0.6) is 0 Å². The Morgan fingerprint density at radius 1 is 1.27 bits per heavy atom. The van der Waals surface area contributed by atoms with E-state index in [0.29, 0.717) is 40.8 Å². The summed E-state index contributed by atoms with van der Waals surface area (Å²) >= 11 is 0. The summed E-state index contributed by atoms with van der Waals surface area (Å²) in [5, 5.41) is 0.626. The van der Waals surface area contributed by atoms with Gasteiger partial charge in [0.2, 0.25) is 5.60 Å². The van der Waals surface area contributed by atoms with Crippen molar-refractivity contribution in [3.63, 3.8) is 0 Å². The zero-order valence-corrected chi connectivity index (χ0v) is 25.4. The number of carbonyl (C=O) groups is 3. The Hall–Kier alpha value is -4.94. The number of ether oxygens (including phenoxy) is 3. The highest BCUT2D eigenvalue weighted by Gasteiger charge is 2.51. The number of nitrogens with two attached hydrogens (primary N) is 1. The average molecular weight is 620 g/mol. The molecule has 2 N–H and O–H groups in total. The number of likely N-dealkylation sites (tertiary alicyclic amines) is 1. The standard InChI is InChI=1S/C32H34FN5O7/c1-5-32(45-30(41)36(4)14-20-7-6-8-37(20)31(42)44-15-17(2)3)22-11-26-27-19(9-18-10-24(34)23(33)12-25(18)35-27)13-38(26)28(39)21(22)16-43-29(32)40/h9-12,20H,2,5-8,13-16,34H2,1,3-4H3. The van der Waals surface area contributed by atoms with Crippen LogP contribution in [-0.4, -0.2) is 70.3 Å². The summed E-state index contributed by atoms with van der Waals surface area (Å²) in [5.41, 5.74) is 6.53. The SMILES string of the molecule is C=C(C)COC(=O)N1CCCC1CN(C)C(=O)OC1(CC)C(=O)OCc2c1cc1n(c2=O)Cc2cc3cc(N)c(F)cc3nc2-1. The van der Waals surface area contributed by atoms with Crippen molar-refractivity contribution in [2.24, 2.45) is 0 Å². The number of esters is 1. The normalized spacial score (nSPS) is 19.9. The van der Waals surface area contributed by atoms with E-state index in [-0.39, 0.29) is 55.6 Å². The van der Waals surface area contributed by atoms with Gasteiger partial charge in [-0.05, 0) is 50.0 Å². The zero-order chi connectivity index (χ0) is 32.2. The minimum atomic E-state index is -1.90. The number of fused-ring (bicyclic) bond motifs is 5. The van der Waals surface area contributed by atoms with E-state index in [0.717, 1.165) is 12.0 Å². The number of benzene rings is 1. The molecule has 12 nitrogen and oxygen atoms in total. The fraction of sp³-hybridized carbons (Fsp3) is 0.406. The molecule has 3 aliphatic rings. The molecular weight excluding hydrogens is 585 g/mol. The second-order valence-electron chi connectivity index (χ2n) is 11.9. The van der Waals surface area contributed by atoms with E-state index in [1.807, 2.05) is 6.07 Å². The Labute approximate surface area is 258 Å². The van der Waals surface area contributed by atoms with Crippen molar-refractivity contribution in [3.05, 3.63) is 69.3 Å². The highest BCUT2D eigenvalue weighted by atomic mass is 19.1. The van der Waals surface area contributed by atoms with E-state index in [1.54, 1.807) is 24.8 Å². The Bertz CT molecular complexity index is 1840. The zero-order valence-electron chi connectivity index (χ0n) is 25.4. The topological polar surface area (TPSA) is 146 Å². The number of rotatable bonds is 6. The summed E-state index contributed by atoms with van der Waals surface area (Å²) in [6, 6.07) is 5.87. The van der Waals surface area contributed by atoms with Gasteiger partial charge in [-0.1, -0.05) is 13.5 Å². The third-order valence-electron chi connectivity index (χ3n) is 8.71. The lowest BCUT2D eigenvalue weighted by Crippen LogP contribution is -2.50. The second-order valence-corrected chi connectivity index (χ2v) is 11.9. The number of cyclic esters (lactones) is 1. The van der Waals surface area contributed by atoms with Crippen LogP contribution in [0.2, 0.25) is 0 Å². The van der Waals surface area contributed by atoms with Gasteiger partial charge in [0.1, 0.15) is 19.0 Å². The molecule has 0 bridgehead atoms. The molecule has 2 aromatic heterocycles. The smallest absolute Gasteiger partial charge is 0.411 e. The number of carbonyl (C=O) groups excluding carboxylic acids is 3. The lowest BCUT2D eigenvalue weighted by Gasteiger charge is -2.37. The number of anilines is 1. The maximum absolute atomic E-state index is 14.3. The van der Waals surface area contributed by atoms with Gasteiger partial charge in [0, 0.05) is 42.7 Å². The van der Waals surface area contributed by atoms with Crippen molar-refractivity contribution in [1.29, 1.82) is 0 Å². The summed E-state index contributed by atoms with van der Waals surface area (Å²) in [6.45, 7) is 7.83. The van der Waals surface area contributed by atoms with Crippen molar-refractivity contribution in [2.45, 2.75) is 57.9 Å². The number of nitrogen functional groups attached to an aromatic ring is 1. The Morgan fingerprint density at radius 2 is 2.04 bits per heavy atom. The minimum absolute atomic E-state index is 0.00736. The van der Waals surface area contributed by atoms with Crippen molar-refractivity contribution >= 4 is 34.7 Å². The summed E-state index contributed by atoms with van der Waals surface area (Å²) in [5.74, 6) is -1.40. The summed E-state index contributed by atoms with van der Waals surface area (Å²) in [6.07, 6.45) is 0.0893. The summed E-state index contributed by atoms with van der Waals surface area (Å²) in [4.78, 5) is 60.9. The van der Waals surface area contributed by atoms with Gasteiger partial charge in [0.05, 0.1) is 40.7 Å². The molecule has 6 rings (SSSR count). The monoisotopic (exact) mass is 619 g/mol. The first-order chi connectivity index (χ1) is 21.4. The first-order valence-electron chi connectivity index (χ1n) is 14.8. The number of aromatic nitrogens is 2. The Morgan fingerprint density at radius 3 is 2.78 bits per heavy atom. The molecule has 5 heterocycles. The van der Waals surface area contributed by atoms with Crippen LogP contribution in [0, 0.1) is 5.82 Å². The van der Waals surface area contributed by atoms with Crippen LogP contribution in [-0.2, 0) is 37.8 Å². The van der Waals surface area contributed by atoms with Crippen molar-refractivity contribution in [3.8, 4) is 11.4 Å². The van der Waals surface area contributed by atoms with E-state index in [9.17, 15) is 23.6 Å². The molecule has 2 atom stereocenters. The van der Waals surface area contributed by atoms with Crippen LogP contribution in [0.15, 0.2) is 41.2 Å². The third kappa shape index (κ3) is 5.05. The number of hydrogen-bond acceptors (Lipinski definition) is 9. The second kappa shape index (κ2) is 11.2. The summed E-state index contributed by atoms with van der Waals surface area (Å²) in [7, 11) is 1.52. The molecule has 2 unspecified atom stereocenters. The average Bonchev–Trinajstić information content (AvgIpc) is 3.61. The van der Waals surface area contributed by atoms with Crippen LogP contribution in [0.4, 0.5) is 19.7 Å². The molecule has 13 heteroatoms. The molecule has 3 aromatic rings. The molecule has 45 heavy (non-hydrogen) atoms. The van der Waals surface area contributed by atoms with Gasteiger partial charge in [-0.3, -0.25) is 4.79 Å². The van der Waals surface area contributed by atoms with Crippen molar-refractivity contribution in [1.82, 2.24) is 19.4 Å². The van der Waals surface area contributed by atoms with Gasteiger partial charge in [0.25, 0.3) is 5.56 Å². The molecule has 0 saturated carbocycles. The molecule has 2 amide bonds. The summed E-state index contributed by atoms with van der Waals surface area (Å²) < 4.78 is 32.5. The third-order valence-corrected chi connectivity index (χ3v) is 8.71. The quantitative estimate of drug-likeness (QED) is 0.146. The highest BCUT2D eigenvalue weighted by Crippen LogP contribution is 2.41. The van der Waals surface area contributed by atoms with Crippen molar-refractivity contribution in [2.75, 3.05) is 32.5 Å². The molecule has 3 aliphatic heterocycles. The van der Waals surface area contributed by atoms with Crippen LogP contribution < -0.4 is 11.3 Å². The molecule has 1 fully saturated rings. The lowest BCUT2D eigenvalue weighted by molar-refractivity contribution is -0.173. The molecule has 1 saturated heterocycles. The molecule has 236 valence electrons. The molecule has 0 aliphatic carbocycles. The van der Waals surface area contributed by atoms with Crippen LogP contribution >= 0.6 is 0 Å². The first-order valence-corrected chi connectivity index (χ1v) is 14.8. The van der Waals surface area contributed by atoms with Gasteiger partial charge in [-0.2, -0.15) is 0 Å². The molecule has 0 radical (unpaired) electrons. The Kier molecular flexibility index (Phi) is 7.50. The number of amides is 2. The number of likely N-dealkylation sites (N-methyl/N-ethyl adjacent to an activating group) is 1. The minimum Gasteiger partial charge on any atom is -0.457 e. The van der Waals surface area contributed by atoms with Gasteiger partial charge >= 0.3 is 18.2 Å². The van der Waals surface area contributed by atoms with Crippen LogP contribution in [0.1, 0.15) is 49.8 Å². The molecule has 0 spiro atoms. The number of nitrogens with zero attached hydrogens (tertiary/aromatic N) is 4. The van der Waals surface area contributed by atoms with Gasteiger partial charge in [-0.15, -0.1) is 0 Å². The van der Waals surface area contributed by atoms with E-state index in [2.05, 4.69) is 11.6 Å². The van der Waals surface area contributed by atoms with Gasteiger partial charge in [0.15, 0.2) is 0 Å². The highest BCUT2D eigenvalue weighted by molar-refractivity contribution is 5.89. The number of hydrogen-bond donors (Lipinski definition) is 1. The van der Waals surface area contributed by atoms with Crippen LogP contribution in [0.3, 0.4) is 0 Å². The van der Waals surface area contributed by atoms with Crippen LogP contribution in [0.25, 0.3) is 22.3 Å². The predicted molar refractivity (Wildman–Crippen MR) is 162 cm³/mol.